The summed E-state index contributed by atoms with van der Waals surface area (Å²) in [5.41, 5.74) is 2.20. The van der Waals surface area contributed by atoms with Crippen molar-refractivity contribution in [1.82, 2.24) is 19.9 Å². The average molecular weight is 380 g/mol. The number of aryl methyl sites for hydroxylation is 2. The van der Waals surface area contributed by atoms with Gasteiger partial charge in [0, 0.05) is 11.5 Å². The average Bonchev–Trinajstić information content (AvgIpc) is 3.26. The molecule has 0 bridgehead atoms. The summed E-state index contributed by atoms with van der Waals surface area (Å²) in [7, 11) is 0. The van der Waals surface area contributed by atoms with Gasteiger partial charge in [0.05, 0.1) is 12.3 Å². The van der Waals surface area contributed by atoms with E-state index in [-0.39, 0.29) is 29.6 Å². The molecule has 8 nitrogen and oxygen atoms in total. The Morgan fingerprint density at radius 2 is 2.07 bits per heavy atom. The molecule has 0 aliphatic heterocycles. The Labute approximate surface area is 161 Å². The predicted molar refractivity (Wildman–Crippen MR) is 98.7 cm³/mol. The van der Waals surface area contributed by atoms with Crippen molar-refractivity contribution in [2.45, 2.75) is 39.5 Å². The summed E-state index contributed by atoms with van der Waals surface area (Å²) in [6, 6.07) is 5.38. The van der Waals surface area contributed by atoms with Crippen molar-refractivity contribution in [1.29, 1.82) is 0 Å². The Morgan fingerprint density at radius 3 is 2.68 bits per heavy atom. The van der Waals surface area contributed by atoms with Crippen molar-refractivity contribution in [2.24, 2.45) is 0 Å². The van der Waals surface area contributed by atoms with Gasteiger partial charge in [-0.3, -0.25) is 4.79 Å². The monoisotopic (exact) mass is 380 g/mol. The zero-order valence-corrected chi connectivity index (χ0v) is 15.9. The van der Waals surface area contributed by atoms with Gasteiger partial charge < -0.3 is 9.26 Å². The van der Waals surface area contributed by atoms with Gasteiger partial charge in [0.25, 0.3) is 0 Å². The van der Waals surface area contributed by atoms with Crippen LogP contribution in [0.2, 0.25) is 0 Å². The highest BCUT2D eigenvalue weighted by Gasteiger charge is 2.37. The third-order valence-corrected chi connectivity index (χ3v) is 4.69. The molecular formula is C20H20N4O4. The minimum absolute atomic E-state index is 0.0517. The maximum Gasteiger partial charge on any atom is 0.361 e. The fourth-order valence-corrected chi connectivity index (χ4v) is 3.14. The molecule has 28 heavy (non-hydrogen) atoms. The fourth-order valence-electron chi connectivity index (χ4n) is 3.14. The van der Waals surface area contributed by atoms with Crippen LogP contribution in [0, 0.1) is 13.8 Å². The number of hydrogen-bond donors (Lipinski definition) is 0. The largest absolute Gasteiger partial charge is 0.461 e. The topological polar surface area (TPSA) is 100 Å². The molecule has 0 saturated heterocycles. The number of hydrogen-bond acceptors (Lipinski definition) is 7. The van der Waals surface area contributed by atoms with Crippen molar-refractivity contribution < 1.29 is 18.8 Å². The van der Waals surface area contributed by atoms with Gasteiger partial charge in [-0.15, -0.1) is 0 Å². The minimum atomic E-state index is -0.645. The van der Waals surface area contributed by atoms with Crippen molar-refractivity contribution in [3.63, 3.8) is 0 Å². The molecule has 0 radical (unpaired) electrons. The molecule has 4 rings (SSSR count). The van der Waals surface area contributed by atoms with Gasteiger partial charge >= 0.3 is 5.97 Å². The SMILES string of the molecule is CCOC(=O)c1noc(C2CC2)c1C(=O)c1ccc(-n2cnc(C)n2)cc1C. The van der Waals surface area contributed by atoms with Crippen molar-refractivity contribution in [2.75, 3.05) is 6.61 Å². The van der Waals surface area contributed by atoms with E-state index in [1.54, 1.807) is 30.1 Å². The Morgan fingerprint density at radius 1 is 1.29 bits per heavy atom. The van der Waals surface area contributed by atoms with Crippen LogP contribution in [-0.2, 0) is 4.74 Å². The van der Waals surface area contributed by atoms with E-state index in [9.17, 15) is 9.59 Å². The third kappa shape index (κ3) is 3.21. The highest BCUT2D eigenvalue weighted by molar-refractivity contribution is 6.15. The molecular weight excluding hydrogens is 360 g/mol. The van der Waals surface area contributed by atoms with Gasteiger partial charge in [-0.2, -0.15) is 5.10 Å². The summed E-state index contributed by atoms with van der Waals surface area (Å²) in [5, 5.41) is 8.13. The Bertz CT molecular complexity index is 1060. The zero-order chi connectivity index (χ0) is 19.8. The van der Waals surface area contributed by atoms with Crippen molar-refractivity contribution in [3.05, 3.63) is 58.5 Å². The summed E-state index contributed by atoms with van der Waals surface area (Å²) in [5.74, 6) is 0.338. The second-order valence-electron chi connectivity index (χ2n) is 6.83. The molecule has 144 valence electrons. The standard InChI is InChI=1S/C20H20N4O4/c1-4-27-20(26)17-16(19(28-23-17)13-5-6-13)18(25)15-8-7-14(9-11(15)2)24-10-21-12(3)22-24/h7-10,13H,4-6H2,1-3H3. The molecule has 0 spiro atoms. The second kappa shape index (κ2) is 7.03. The van der Waals surface area contributed by atoms with Gasteiger partial charge in [0.1, 0.15) is 17.7 Å². The zero-order valence-electron chi connectivity index (χ0n) is 15.9. The number of ketones is 1. The third-order valence-electron chi connectivity index (χ3n) is 4.69. The molecule has 1 aliphatic carbocycles. The smallest absolute Gasteiger partial charge is 0.361 e. The second-order valence-corrected chi connectivity index (χ2v) is 6.83. The number of rotatable bonds is 6. The molecule has 0 N–H and O–H groups in total. The van der Waals surface area contributed by atoms with Gasteiger partial charge in [-0.1, -0.05) is 5.16 Å². The van der Waals surface area contributed by atoms with Gasteiger partial charge in [0.2, 0.25) is 5.69 Å². The van der Waals surface area contributed by atoms with E-state index in [0.29, 0.717) is 17.1 Å². The van der Waals surface area contributed by atoms with E-state index in [0.717, 1.165) is 24.1 Å². The van der Waals surface area contributed by atoms with Crippen LogP contribution in [0.1, 0.15) is 69.2 Å². The van der Waals surface area contributed by atoms with Crippen LogP contribution in [0.3, 0.4) is 0 Å². The minimum Gasteiger partial charge on any atom is -0.461 e. The molecule has 1 fully saturated rings. The van der Waals surface area contributed by atoms with E-state index in [4.69, 9.17) is 9.26 Å². The van der Waals surface area contributed by atoms with Crippen LogP contribution in [0.5, 0.6) is 0 Å². The Balaban J connectivity index is 1.73. The lowest BCUT2D eigenvalue weighted by molar-refractivity contribution is 0.0512. The number of carbonyl (C=O) groups is 2. The van der Waals surface area contributed by atoms with E-state index < -0.39 is 5.97 Å². The molecule has 8 heteroatoms. The first-order valence-electron chi connectivity index (χ1n) is 9.20. The van der Waals surface area contributed by atoms with Crippen molar-refractivity contribution >= 4 is 11.8 Å². The first kappa shape index (κ1) is 18.1. The summed E-state index contributed by atoms with van der Waals surface area (Å²) < 4.78 is 12.1. The summed E-state index contributed by atoms with van der Waals surface area (Å²) in [6.07, 6.45) is 3.46. The summed E-state index contributed by atoms with van der Waals surface area (Å²) >= 11 is 0. The lowest BCUT2D eigenvalue weighted by atomic mass is 9.96. The highest BCUT2D eigenvalue weighted by atomic mass is 16.5. The van der Waals surface area contributed by atoms with Crippen LogP contribution < -0.4 is 0 Å². The summed E-state index contributed by atoms with van der Waals surface area (Å²) in [4.78, 5) is 29.7. The molecule has 2 aromatic heterocycles. The van der Waals surface area contributed by atoms with E-state index in [2.05, 4.69) is 15.2 Å². The molecule has 1 aromatic carbocycles. The first-order chi connectivity index (χ1) is 13.5. The Hall–Kier alpha value is -3.29. The van der Waals surface area contributed by atoms with E-state index >= 15 is 0 Å². The number of carbonyl (C=O) groups excluding carboxylic acids is 2. The quantitative estimate of drug-likeness (QED) is 0.478. The molecule has 3 aromatic rings. The molecule has 0 unspecified atom stereocenters. The van der Waals surface area contributed by atoms with Crippen LogP contribution in [-0.4, -0.2) is 38.3 Å². The summed E-state index contributed by atoms with van der Waals surface area (Å²) in [6.45, 7) is 5.55. The number of benzene rings is 1. The maximum absolute atomic E-state index is 13.3. The predicted octanol–water partition coefficient (Wildman–Crippen LogP) is 3.16. The number of aromatic nitrogens is 4. The molecule has 1 saturated carbocycles. The Kier molecular flexibility index (Phi) is 4.54. The van der Waals surface area contributed by atoms with Crippen LogP contribution >= 0.6 is 0 Å². The van der Waals surface area contributed by atoms with E-state index in [1.807, 2.05) is 19.9 Å². The molecule has 1 aliphatic rings. The van der Waals surface area contributed by atoms with Gasteiger partial charge in [-0.05, 0) is 57.4 Å². The van der Waals surface area contributed by atoms with Crippen LogP contribution in [0.25, 0.3) is 5.69 Å². The fraction of sp³-hybridized carbons (Fsp3) is 0.350. The van der Waals surface area contributed by atoms with Crippen LogP contribution in [0.15, 0.2) is 29.0 Å². The maximum atomic E-state index is 13.3. The molecule has 0 atom stereocenters. The molecule has 0 amide bonds. The van der Waals surface area contributed by atoms with E-state index in [1.165, 1.54) is 0 Å². The molecule has 2 heterocycles. The normalized spacial score (nSPS) is 13.5. The van der Waals surface area contributed by atoms with Gasteiger partial charge in [-0.25, -0.2) is 14.5 Å². The number of esters is 1. The highest BCUT2D eigenvalue weighted by Crippen LogP contribution is 2.43. The lowest BCUT2D eigenvalue weighted by Crippen LogP contribution is -2.14. The lowest BCUT2D eigenvalue weighted by Gasteiger charge is -2.09. The van der Waals surface area contributed by atoms with Crippen LogP contribution in [0.4, 0.5) is 0 Å². The number of ether oxygens (including phenoxy) is 1. The van der Waals surface area contributed by atoms with Crippen molar-refractivity contribution in [3.8, 4) is 5.69 Å². The first-order valence-corrected chi connectivity index (χ1v) is 9.20. The number of nitrogens with zero attached hydrogens (tertiary/aromatic N) is 4. The van der Waals surface area contributed by atoms with Gasteiger partial charge in [0.15, 0.2) is 11.5 Å².